The van der Waals surface area contributed by atoms with Gasteiger partial charge < -0.3 is 0 Å². The van der Waals surface area contributed by atoms with Crippen molar-refractivity contribution in [1.82, 2.24) is 0 Å². The third-order valence-corrected chi connectivity index (χ3v) is 6.32. The second kappa shape index (κ2) is 3.50. The summed E-state index contributed by atoms with van der Waals surface area (Å²) in [4.78, 5) is 0. The van der Waals surface area contributed by atoms with E-state index in [1.54, 1.807) is 32.1 Å². The van der Waals surface area contributed by atoms with E-state index in [9.17, 15) is 0 Å². The molecule has 4 aliphatic carbocycles. The largest absolute Gasteiger partial charge is 0.0625 e. The molecular formula is C16H28. The standard InChI is InChI=1S/C16H28/c1-10(2)15-14-6-12-5-13(7-14)9-16(15,8-12)11(3)4/h10-15H,5-9H2,1-4H3. The molecule has 4 bridgehead atoms. The molecule has 4 fully saturated rings. The van der Waals surface area contributed by atoms with Gasteiger partial charge in [-0.2, -0.15) is 0 Å². The first-order valence-electron chi connectivity index (χ1n) is 7.53. The molecule has 3 atom stereocenters. The molecule has 92 valence electrons. The van der Waals surface area contributed by atoms with Crippen molar-refractivity contribution in [3.63, 3.8) is 0 Å². The first-order chi connectivity index (χ1) is 7.53. The summed E-state index contributed by atoms with van der Waals surface area (Å²) in [5.41, 5.74) is 0.739. The van der Waals surface area contributed by atoms with Crippen LogP contribution in [0.1, 0.15) is 59.8 Å². The van der Waals surface area contributed by atoms with Crippen LogP contribution in [-0.2, 0) is 0 Å². The van der Waals surface area contributed by atoms with Crippen molar-refractivity contribution in [2.75, 3.05) is 0 Å². The molecule has 4 aliphatic rings. The Morgan fingerprint density at radius 2 is 1.44 bits per heavy atom. The summed E-state index contributed by atoms with van der Waals surface area (Å²) in [6, 6.07) is 0. The van der Waals surface area contributed by atoms with Gasteiger partial charge in [-0.25, -0.2) is 0 Å². The highest BCUT2D eigenvalue weighted by atomic mass is 14.6. The Bertz CT molecular complexity index is 262. The zero-order chi connectivity index (χ0) is 11.5. The zero-order valence-electron chi connectivity index (χ0n) is 11.5. The van der Waals surface area contributed by atoms with Crippen molar-refractivity contribution in [1.29, 1.82) is 0 Å². The quantitative estimate of drug-likeness (QED) is 0.630. The lowest BCUT2D eigenvalue weighted by atomic mass is 9.41. The topological polar surface area (TPSA) is 0 Å². The van der Waals surface area contributed by atoms with Crippen LogP contribution in [0, 0.1) is 40.9 Å². The van der Waals surface area contributed by atoms with Crippen LogP contribution in [-0.4, -0.2) is 0 Å². The molecule has 0 amide bonds. The van der Waals surface area contributed by atoms with Crippen LogP contribution >= 0.6 is 0 Å². The van der Waals surface area contributed by atoms with Gasteiger partial charge in [-0.1, -0.05) is 27.7 Å². The lowest BCUT2D eigenvalue weighted by molar-refractivity contribution is -0.149. The second-order valence-corrected chi connectivity index (χ2v) is 7.77. The summed E-state index contributed by atoms with van der Waals surface area (Å²) in [6.07, 6.45) is 7.87. The Balaban J connectivity index is 1.98. The van der Waals surface area contributed by atoms with E-state index in [2.05, 4.69) is 27.7 Å². The van der Waals surface area contributed by atoms with Gasteiger partial charge in [0.1, 0.15) is 0 Å². The van der Waals surface area contributed by atoms with E-state index >= 15 is 0 Å². The third kappa shape index (κ3) is 1.34. The Morgan fingerprint density at radius 3 is 1.88 bits per heavy atom. The van der Waals surface area contributed by atoms with Crippen molar-refractivity contribution < 1.29 is 0 Å². The minimum atomic E-state index is 0.739. The maximum absolute atomic E-state index is 2.50. The van der Waals surface area contributed by atoms with E-state index in [1.807, 2.05) is 0 Å². The monoisotopic (exact) mass is 220 g/mol. The lowest BCUT2D eigenvalue weighted by Crippen LogP contribution is -2.56. The molecule has 0 aliphatic heterocycles. The highest BCUT2D eigenvalue weighted by Crippen LogP contribution is 2.66. The van der Waals surface area contributed by atoms with E-state index < -0.39 is 0 Å². The van der Waals surface area contributed by atoms with Gasteiger partial charge in [0.15, 0.2) is 0 Å². The summed E-state index contributed by atoms with van der Waals surface area (Å²) in [6.45, 7) is 9.97. The molecule has 16 heavy (non-hydrogen) atoms. The van der Waals surface area contributed by atoms with Gasteiger partial charge in [0, 0.05) is 0 Å². The summed E-state index contributed by atoms with van der Waals surface area (Å²) >= 11 is 0. The molecule has 3 unspecified atom stereocenters. The fourth-order valence-electron chi connectivity index (χ4n) is 6.21. The van der Waals surface area contributed by atoms with E-state index in [-0.39, 0.29) is 0 Å². The van der Waals surface area contributed by atoms with Gasteiger partial charge >= 0.3 is 0 Å². The van der Waals surface area contributed by atoms with Crippen LogP contribution < -0.4 is 0 Å². The average molecular weight is 220 g/mol. The van der Waals surface area contributed by atoms with Gasteiger partial charge in [-0.3, -0.25) is 0 Å². The van der Waals surface area contributed by atoms with E-state index in [4.69, 9.17) is 0 Å². The molecule has 0 spiro atoms. The summed E-state index contributed by atoms with van der Waals surface area (Å²) in [5, 5.41) is 0. The highest BCUT2D eigenvalue weighted by Gasteiger charge is 2.58. The lowest BCUT2D eigenvalue weighted by Gasteiger charge is -2.64. The maximum Gasteiger partial charge on any atom is -0.0236 e. The first kappa shape index (κ1) is 11.1. The zero-order valence-corrected chi connectivity index (χ0v) is 11.5. The van der Waals surface area contributed by atoms with Crippen molar-refractivity contribution in [2.24, 2.45) is 40.9 Å². The normalized spacial score (nSPS) is 50.6. The molecule has 0 aromatic heterocycles. The van der Waals surface area contributed by atoms with Crippen LogP contribution in [0.15, 0.2) is 0 Å². The Hall–Kier alpha value is 0. The van der Waals surface area contributed by atoms with Gasteiger partial charge in [0.25, 0.3) is 0 Å². The molecule has 4 saturated carbocycles. The van der Waals surface area contributed by atoms with Crippen LogP contribution in [0.2, 0.25) is 0 Å². The van der Waals surface area contributed by atoms with Crippen molar-refractivity contribution >= 4 is 0 Å². The second-order valence-electron chi connectivity index (χ2n) is 7.77. The minimum Gasteiger partial charge on any atom is -0.0625 e. The van der Waals surface area contributed by atoms with Crippen LogP contribution in [0.5, 0.6) is 0 Å². The van der Waals surface area contributed by atoms with Crippen LogP contribution in [0.3, 0.4) is 0 Å². The highest BCUT2D eigenvalue weighted by molar-refractivity contribution is 5.07. The predicted octanol–water partition coefficient (Wildman–Crippen LogP) is 4.74. The van der Waals surface area contributed by atoms with Gasteiger partial charge in [-0.15, -0.1) is 0 Å². The fraction of sp³-hybridized carbons (Fsp3) is 1.00. The molecular weight excluding hydrogens is 192 g/mol. The van der Waals surface area contributed by atoms with Gasteiger partial charge in [-0.05, 0) is 73.0 Å². The maximum atomic E-state index is 2.50. The Labute approximate surface area is 101 Å². The molecule has 0 heterocycles. The van der Waals surface area contributed by atoms with E-state index in [0.29, 0.717) is 0 Å². The van der Waals surface area contributed by atoms with Gasteiger partial charge in [0.05, 0.1) is 0 Å². The Kier molecular flexibility index (Phi) is 2.43. The van der Waals surface area contributed by atoms with Crippen LogP contribution in [0.25, 0.3) is 0 Å². The number of rotatable bonds is 2. The van der Waals surface area contributed by atoms with Crippen molar-refractivity contribution in [3.8, 4) is 0 Å². The molecule has 4 rings (SSSR count). The van der Waals surface area contributed by atoms with Crippen molar-refractivity contribution in [2.45, 2.75) is 59.8 Å². The summed E-state index contributed by atoms with van der Waals surface area (Å²) in [7, 11) is 0. The summed E-state index contributed by atoms with van der Waals surface area (Å²) in [5.74, 6) is 6.17. The summed E-state index contributed by atoms with van der Waals surface area (Å²) < 4.78 is 0. The fourth-order valence-corrected chi connectivity index (χ4v) is 6.21. The third-order valence-electron chi connectivity index (χ3n) is 6.32. The molecule has 0 aromatic carbocycles. The molecule has 0 aromatic rings. The Morgan fingerprint density at radius 1 is 0.875 bits per heavy atom. The molecule has 0 nitrogen and oxygen atoms in total. The van der Waals surface area contributed by atoms with Gasteiger partial charge in [0.2, 0.25) is 0 Å². The first-order valence-corrected chi connectivity index (χ1v) is 7.53. The smallest absolute Gasteiger partial charge is 0.0236 e. The number of hydrogen-bond donors (Lipinski definition) is 0. The molecule has 0 radical (unpaired) electrons. The molecule has 0 heteroatoms. The predicted molar refractivity (Wildman–Crippen MR) is 69.2 cm³/mol. The minimum absolute atomic E-state index is 0.739. The number of hydrogen-bond acceptors (Lipinski definition) is 0. The van der Waals surface area contributed by atoms with E-state index in [0.717, 1.165) is 40.9 Å². The molecule has 0 N–H and O–H groups in total. The SMILES string of the molecule is CC(C)C1C2CC3CC(C2)CC1(C(C)C)C3. The molecule has 0 saturated heterocycles. The van der Waals surface area contributed by atoms with Crippen molar-refractivity contribution in [3.05, 3.63) is 0 Å². The van der Waals surface area contributed by atoms with E-state index in [1.165, 1.54) is 0 Å². The van der Waals surface area contributed by atoms with Crippen LogP contribution in [0.4, 0.5) is 0 Å². The average Bonchev–Trinajstić information content (AvgIpc) is 2.14.